The van der Waals surface area contributed by atoms with Crippen molar-refractivity contribution < 1.29 is 13.9 Å². The highest BCUT2D eigenvalue weighted by atomic mass is 16.5. The van der Waals surface area contributed by atoms with Gasteiger partial charge in [0, 0.05) is 5.39 Å². The monoisotopic (exact) mass is 230 g/mol. The third-order valence-electron chi connectivity index (χ3n) is 3.28. The molecule has 1 fully saturated rings. The highest BCUT2D eigenvalue weighted by Crippen LogP contribution is 2.24. The van der Waals surface area contributed by atoms with Crippen LogP contribution in [0.5, 0.6) is 0 Å². The van der Waals surface area contributed by atoms with Crippen LogP contribution in [0.4, 0.5) is 0 Å². The fourth-order valence-electron chi connectivity index (χ4n) is 2.00. The van der Waals surface area contributed by atoms with E-state index in [1.807, 2.05) is 24.3 Å². The first-order valence-electron chi connectivity index (χ1n) is 5.95. The molecule has 0 bridgehead atoms. The molecule has 3 nitrogen and oxygen atoms in total. The topological polar surface area (TPSA) is 39.4 Å². The Hall–Kier alpha value is -1.61. The Morgan fingerprint density at radius 1 is 1.35 bits per heavy atom. The first-order chi connectivity index (χ1) is 8.34. The number of hydrogen-bond acceptors (Lipinski definition) is 3. The van der Waals surface area contributed by atoms with Crippen molar-refractivity contribution in [3.05, 3.63) is 36.1 Å². The lowest BCUT2D eigenvalue weighted by atomic mass is 9.96. The van der Waals surface area contributed by atoms with Crippen molar-refractivity contribution in [1.82, 2.24) is 0 Å². The van der Waals surface area contributed by atoms with Gasteiger partial charge in [-0.1, -0.05) is 18.2 Å². The second-order valence-corrected chi connectivity index (χ2v) is 4.43. The third kappa shape index (κ3) is 1.98. The summed E-state index contributed by atoms with van der Waals surface area (Å²) < 4.78 is 10.9. The van der Waals surface area contributed by atoms with E-state index < -0.39 is 0 Å². The Morgan fingerprint density at radius 2 is 2.18 bits per heavy atom. The lowest BCUT2D eigenvalue weighted by molar-refractivity contribution is 0.00734. The Kier molecular flexibility index (Phi) is 2.69. The van der Waals surface area contributed by atoms with Crippen LogP contribution in [-0.4, -0.2) is 18.5 Å². The molecular formula is C14H14O3. The van der Waals surface area contributed by atoms with Crippen LogP contribution < -0.4 is 0 Å². The van der Waals surface area contributed by atoms with Gasteiger partial charge in [0.1, 0.15) is 18.5 Å². The van der Waals surface area contributed by atoms with Gasteiger partial charge in [0.25, 0.3) is 0 Å². The predicted octanol–water partition coefficient (Wildman–Crippen LogP) is 3.18. The third-order valence-corrected chi connectivity index (χ3v) is 3.28. The fourth-order valence-corrected chi connectivity index (χ4v) is 2.00. The van der Waals surface area contributed by atoms with E-state index in [0.29, 0.717) is 5.56 Å². The summed E-state index contributed by atoms with van der Waals surface area (Å²) in [6.07, 6.45) is 5.20. The van der Waals surface area contributed by atoms with E-state index in [1.165, 1.54) is 12.7 Å². The van der Waals surface area contributed by atoms with E-state index in [4.69, 9.17) is 9.15 Å². The summed E-state index contributed by atoms with van der Waals surface area (Å²) in [6, 6.07) is 7.56. The highest BCUT2D eigenvalue weighted by molar-refractivity contribution is 6.07. The number of carbonyl (C=O) groups excluding carboxylic acids is 1. The van der Waals surface area contributed by atoms with E-state index in [2.05, 4.69) is 0 Å². The molecule has 3 rings (SSSR count). The molecule has 0 unspecified atom stereocenters. The fraction of sp³-hybridized carbons (Fsp3) is 0.357. The lowest BCUT2D eigenvalue weighted by Gasteiger charge is -2.24. The number of ketones is 1. The molecule has 0 saturated heterocycles. The molecule has 2 aromatic rings. The lowest BCUT2D eigenvalue weighted by Crippen LogP contribution is -2.24. The van der Waals surface area contributed by atoms with Crippen LogP contribution in [0.25, 0.3) is 11.0 Å². The van der Waals surface area contributed by atoms with Gasteiger partial charge in [-0.15, -0.1) is 0 Å². The number of ether oxygens (including phenoxy) is 1. The Bertz CT molecular complexity index is 537. The number of fused-ring (bicyclic) bond motifs is 1. The van der Waals surface area contributed by atoms with Crippen LogP contribution in [0.15, 0.2) is 34.9 Å². The SMILES string of the molecule is O=C(COC1CCC1)c1coc2ccccc12. The molecule has 1 aliphatic rings. The van der Waals surface area contributed by atoms with Gasteiger partial charge in [0.05, 0.1) is 11.7 Å². The van der Waals surface area contributed by atoms with Gasteiger partial charge in [-0.05, 0) is 25.3 Å². The maximum Gasteiger partial charge on any atom is 0.192 e. The van der Waals surface area contributed by atoms with Crippen molar-refractivity contribution in [1.29, 1.82) is 0 Å². The van der Waals surface area contributed by atoms with E-state index >= 15 is 0 Å². The van der Waals surface area contributed by atoms with Crippen molar-refractivity contribution in [2.45, 2.75) is 25.4 Å². The summed E-state index contributed by atoms with van der Waals surface area (Å²) in [6.45, 7) is 0.161. The number of benzene rings is 1. The van der Waals surface area contributed by atoms with Gasteiger partial charge in [-0.2, -0.15) is 0 Å². The molecule has 0 amide bonds. The van der Waals surface area contributed by atoms with Crippen LogP contribution in [-0.2, 0) is 4.74 Å². The summed E-state index contributed by atoms with van der Waals surface area (Å²) in [5.74, 6) is 0.00171. The summed E-state index contributed by atoms with van der Waals surface area (Å²) in [5.41, 5.74) is 1.37. The number of Topliss-reactive ketones (excluding diaryl/α,β-unsaturated/α-hetero) is 1. The number of hydrogen-bond donors (Lipinski definition) is 0. The van der Waals surface area contributed by atoms with Crippen molar-refractivity contribution in [3.8, 4) is 0 Å². The van der Waals surface area contributed by atoms with Crippen LogP contribution in [0.2, 0.25) is 0 Å². The highest BCUT2D eigenvalue weighted by Gasteiger charge is 2.20. The summed E-state index contributed by atoms with van der Waals surface area (Å²) in [4.78, 5) is 12.0. The molecule has 1 saturated carbocycles. The Balaban J connectivity index is 1.75. The first-order valence-corrected chi connectivity index (χ1v) is 5.95. The second kappa shape index (κ2) is 4.34. The van der Waals surface area contributed by atoms with Crippen LogP contribution >= 0.6 is 0 Å². The van der Waals surface area contributed by atoms with Gasteiger partial charge in [0.15, 0.2) is 5.78 Å². The van der Waals surface area contributed by atoms with Crippen LogP contribution in [0.3, 0.4) is 0 Å². The number of para-hydroxylation sites is 1. The zero-order valence-electron chi connectivity index (χ0n) is 9.52. The molecule has 3 heteroatoms. The van der Waals surface area contributed by atoms with Crippen molar-refractivity contribution in [3.63, 3.8) is 0 Å². The standard InChI is InChI=1S/C14H14O3/c15-13(9-16-10-4-3-5-10)12-8-17-14-7-2-1-6-11(12)14/h1-2,6-8,10H,3-5,9H2. The number of furan rings is 1. The van der Waals surface area contributed by atoms with Crippen molar-refractivity contribution in [2.75, 3.05) is 6.61 Å². The molecule has 0 aliphatic heterocycles. The summed E-state index contributed by atoms with van der Waals surface area (Å²) in [5, 5.41) is 0.870. The maximum atomic E-state index is 12.0. The summed E-state index contributed by atoms with van der Waals surface area (Å²) >= 11 is 0. The minimum Gasteiger partial charge on any atom is -0.464 e. The smallest absolute Gasteiger partial charge is 0.192 e. The summed E-state index contributed by atoms with van der Waals surface area (Å²) in [7, 11) is 0. The van der Waals surface area contributed by atoms with Gasteiger partial charge in [-0.25, -0.2) is 0 Å². The molecular weight excluding hydrogens is 216 g/mol. The molecule has 1 aromatic heterocycles. The molecule has 1 aliphatic carbocycles. The number of carbonyl (C=O) groups is 1. The van der Waals surface area contributed by atoms with Crippen LogP contribution in [0, 0.1) is 0 Å². The quantitative estimate of drug-likeness (QED) is 0.757. The first kappa shape index (κ1) is 10.5. The van der Waals surface area contributed by atoms with Gasteiger partial charge >= 0.3 is 0 Å². The average Bonchev–Trinajstić information content (AvgIpc) is 2.70. The largest absolute Gasteiger partial charge is 0.464 e. The minimum atomic E-state index is 0.00171. The van der Waals surface area contributed by atoms with E-state index in [0.717, 1.165) is 23.8 Å². The van der Waals surface area contributed by atoms with Crippen LogP contribution in [0.1, 0.15) is 29.6 Å². The van der Waals surface area contributed by atoms with Gasteiger partial charge in [-0.3, -0.25) is 4.79 Å². The zero-order valence-corrected chi connectivity index (χ0v) is 9.52. The van der Waals surface area contributed by atoms with E-state index in [-0.39, 0.29) is 18.5 Å². The maximum absolute atomic E-state index is 12.0. The molecule has 0 radical (unpaired) electrons. The Morgan fingerprint density at radius 3 is 2.94 bits per heavy atom. The number of rotatable bonds is 4. The second-order valence-electron chi connectivity index (χ2n) is 4.43. The molecule has 1 aromatic carbocycles. The minimum absolute atomic E-state index is 0.00171. The molecule has 0 spiro atoms. The van der Waals surface area contributed by atoms with Gasteiger partial charge in [0.2, 0.25) is 0 Å². The van der Waals surface area contributed by atoms with E-state index in [9.17, 15) is 4.79 Å². The normalized spacial score (nSPS) is 16.0. The zero-order chi connectivity index (χ0) is 11.7. The van der Waals surface area contributed by atoms with Crippen molar-refractivity contribution in [2.24, 2.45) is 0 Å². The Labute approximate surface area is 99.4 Å². The molecule has 88 valence electrons. The molecule has 1 heterocycles. The van der Waals surface area contributed by atoms with Crippen molar-refractivity contribution >= 4 is 16.8 Å². The van der Waals surface area contributed by atoms with Gasteiger partial charge < -0.3 is 9.15 Å². The average molecular weight is 230 g/mol. The predicted molar refractivity (Wildman–Crippen MR) is 64.1 cm³/mol. The molecule has 0 atom stereocenters. The van der Waals surface area contributed by atoms with E-state index in [1.54, 1.807) is 0 Å². The molecule has 17 heavy (non-hydrogen) atoms. The molecule has 0 N–H and O–H groups in total.